The molecule has 0 aromatic heterocycles. The predicted octanol–water partition coefficient (Wildman–Crippen LogP) is 5.62. The van der Waals surface area contributed by atoms with Gasteiger partial charge < -0.3 is 0 Å². The Morgan fingerprint density at radius 2 is 1.78 bits per heavy atom. The molecular weight excluding hydrogens is 216 g/mol. The van der Waals surface area contributed by atoms with Crippen LogP contribution in [0.3, 0.4) is 0 Å². The zero-order valence-electron chi connectivity index (χ0n) is 11.8. The maximum atomic E-state index is 4.34. The minimum absolute atomic E-state index is 0.736. The molecule has 1 aliphatic carbocycles. The molecule has 0 heteroatoms. The van der Waals surface area contributed by atoms with E-state index in [0.717, 1.165) is 5.92 Å². The summed E-state index contributed by atoms with van der Waals surface area (Å²) in [6, 6.07) is 9.14. The van der Waals surface area contributed by atoms with Gasteiger partial charge in [0.15, 0.2) is 0 Å². The maximum absolute atomic E-state index is 4.34. The van der Waals surface area contributed by atoms with Crippen molar-refractivity contribution in [3.05, 3.63) is 42.0 Å². The second kappa shape index (κ2) is 6.78. The molecule has 1 fully saturated rings. The highest BCUT2D eigenvalue weighted by Crippen LogP contribution is 2.34. The van der Waals surface area contributed by atoms with E-state index in [4.69, 9.17) is 0 Å². The first-order chi connectivity index (χ1) is 8.81. The van der Waals surface area contributed by atoms with Gasteiger partial charge in [0.2, 0.25) is 0 Å². The summed E-state index contributed by atoms with van der Waals surface area (Å²) in [7, 11) is 0. The van der Waals surface area contributed by atoms with Crippen LogP contribution in [-0.2, 0) is 6.42 Å². The van der Waals surface area contributed by atoms with Crippen molar-refractivity contribution < 1.29 is 0 Å². The number of hydrogen-bond acceptors (Lipinski definition) is 0. The van der Waals surface area contributed by atoms with Gasteiger partial charge in [-0.25, -0.2) is 0 Å². The van der Waals surface area contributed by atoms with Crippen molar-refractivity contribution in [1.82, 2.24) is 0 Å². The van der Waals surface area contributed by atoms with Crippen LogP contribution in [-0.4, -0.2) is 0 Å². The highest BCUT2D eigenvalue weighted by molar-refractivity contribution is 5.65. The number of hydrogen-bond donors (Lipinski definition) is 0. The fraction of sp³-hybridized carbons (Fsp3) is 0.556. The van der Waals surface area contributed by atoms with Crippen molar-refractivity contribution in [2.24, 2.45) is 5.92 Å². The Morgan fingerprint density at radius 1 is 1.11 bits per heavy atom. The molecule has 0 amide bonds. The molecule has 0 heterocycles. The second-order valence-electron chi connectivity index (χ2n) is 5.66. The molecule has 2 rings (SSSR count). The summed E-state index contributed by atoms with van der Waals surface area (Å²) in [5.74, 6) is 0.736. The van der Waals surface area contributed by atoms with Crippen LogP contribution in [0.25, 0.3) is 5.57 Å². The average Bonchev–Trinajstić information content (AvgIpc) is 2.46. The summed E-state index contributed by atoms with van der Waals surface area (Å²) in [6.45, 7) is 6.59. The maximum Gasteiger partial charge on any atom is -0.0162 e. The molecule has 0 atom stereocenters. The van der Waals surface area contributed by atoms with E-state index in [1.807, 2.05) is 0 Å². The van der Waals surface area contributed by atoms with E-state index in [1.165, 1.54) is 68.1 Å². The zero-order chi connectivity index (χ0) is 12.8. The second-order valence-corrected chi connectivity index (χ2v) is 5.66. The third-order valence-electron chi connectivity index (χ3n) is 4.24. The van der Waals surface area contributed by atoms with Gasteiger partial charge in [0, 0.05) is 0 Å². The third-order valence-corrected chi connectivity index (χ3v) is 4.24. The van der Waals surface area contributed by atoms with Gasteiger partial charge in [-0.05, 0) is 48.3 Å². The van der Waals surface area contributed by atoms with E-state index in [9.17, 15) is 0 Å². The van der Waals surface area contributed by atoms with Crippen LogP contribution >= 0.6 is 0 Å². The van der Waals surface area contributed by atoms with Crippen molar-refractivity contribution in [2.45, 2.75) is 58.3 Å². The summed E-state index contributed by atoms with van der Waals surface area (Å²) < 4.78 is 0. The van der Waals surface area contributed by atoms with E-state index in [2.05, 4.69) is 37.8 Å². The Balaban J connectivity index is 1.97. The van der Waals surface area contributed by atoms with E-state index >= 15 is 0 Å². The lowest BCUT2D eigenvalue weighted by Crippen LogP contribution is -2.07. The molecule has 0 radical (unpaired) electrons. The minimum atomic E-state index is 0.736. The number of unbranched alkanes of at least 4 members (excludes halogenated alkanes) is 1. The van der Waals surface area contributed by atoms with Crippen LogP contribution in [0.15, 0.2) is 30.8 Å². The first-order valence-electron chi connectivity index (χ1n) is 7.59. The largest absolute Gasteiger partial charge is 0.0950 e. The van der Waals surface area contributed by atoms with E-state index in [-0.39, 0.29) is 0 Å². The first kappa shape index (κ1) is 13.4. The number of aryl methyl sites for hydroxylation is 1. The molecule has 18 heavy (non-hydrogen) atoms. The first-order valence-corrected chi connectivity index (χ1v) is 7.59. The number of benzene rings is 1. The fourth-order valence-corrected chi connectivity index (χ4v) is 2.95. The summed E-state index contributed by atoms with van der Waals surface area (Å²) in [4.78, 5) is 0. The van der Waals surface area contributed by atoms with Gasteiger partial charge in [-0.2, -0.15) is 0 Å². The standard InChI is InChI=1S/C18H26/c1-3-4-8-16-11-13-18(14-12-16)15(2)17-9-6-5-7-10-17/h11-14,17H,2-10H2,1H3. The Labute approximate surface area is 112 Å². The van der Waals surface area contributed by atoms with Gasteiger partial charge >= 0.3 is 0 Å². The van der Waals surface area contributed by atoms with Crippen LogP contribution in [0.4, 0.5) is 0 Å². The van der Waals surface area contributed by atoms with Crippen LogP contribution in [0.5, 0.6) is 0 Å². The summed E-state index contributed by atoms with van der Waals surface area (Å²) >= 11 is 0. The molecule has 0 N–H and O–H groups in total. The predicted molar refractivity (Wildman–Crippen MR) is 80.7 cm³/mol. The molecule has 0 spiro atoms. The highest BCUT2D eigenvalue weighted by Gasteiger charge is 2.17. The van der Waals surface area contributed by atoms with Crippen molar-refractivity contribution >= 4 is 5.57 Å². The van der Waals surface area contributed by atoms with Crippen molar-refractivity contribution in [3.63, 3.8) is 0 Å². The van der Waals surface area contributed by atoms with Gasteiger partial charge in [0.25, 0.3) is 0 Å². The molecule has 98 valence electrons. The Hall–Kier alpha value is -1.04. The van der Waals surface area contributed by atoms with Crippen LogP contribution in [0.2, 0.25) is 0 Å². The fourth-order valence-electron chi connectivity index (χ4n) is 2.95. The molecule has 0 aliphatic heterocycles. The smallest absolute Gasteiger partial charge is 0.0162 e. The Bertz CT molecular complexity index is 366. The highest BCUT2D eigenvalue weighted by atomic mass is 14.2. The summed E-state index contributed by atoms with van der Waals surface area (Å²) in [5.41, 5.74) is 4.20. The topological polar surface area (TPSA) is 0 Å². The van der Waals surface area contributed by atoms with Crippen molar-refractivity contribution in [3.8, 4) is 0 Å². The third kappa shape index (κ3) is 3.48. The molecule has 0 nitrogen and oxygen atoms in total. The lowest BCUT2D eigenvalue weighted by molar-refractivity contribution is 0.430. The SMILES string of the molecule is C=C(c1ccc(CCCC)cc1)C1CCCCC1. The van der Waals surface area contributed by atoms with Gasteiger partial charge in [0.1, 0.15) is 0 Å². The van der Waals surface area contributed by atoms with E-state index < -0.39 is 0 Å². The Kier molecular flexibility index (Phi) is 5.04. The van der Waals surface area contributed by atoms with E-state index in [1.54, 1.807) is 0 Å². The van der Waals surface area contributed by atoms with Crippen molar-refractivity contribution in [1.29, 1.82) is 0 Å². The lowest BCUT2D eigenvalue weighted by Gasteiger charge is -2.24. The summed E-state index contributed by atoms with van der Waals surface area (Å²) in [5, 5.41) is 0. The monoisotopic (exact) mass is 242 g/mol. The summed E-state index contributed by atoms with van der Waals surface area (Å²) in [6.07, 6.45) is 10.7. The number of rotatable bonds is 5. The minimum Gasteiger partial charge on any atom is -0.0950 e. The van der Waals surface area contributed by atoms with Gasteiger partial charge in [0.05, 0.1) is 0 Å². The van der Waals surface area contributed by atoms with Crippen LogP contribution in [0, 0.1) is 5.92 Å². The van der Waals surface area contributed by atoms with Crippen LogP contribution < -0.4 is 0 Å². The van der Waals surface area contributed by atoms with Gasteiger partial charge in [-0.3, -0.25) is 0 Å². The average molecular weight is 242 g/mol. The molecule has 1 aliphatic rings. The van der Waals surface area contributed by atoms with E-state index in [0.29, 0.717) is 0 Å². The molecular formula is C18H26. The number of allylic oxidation sites excluding steroid dienone is 1. The molecule has 1 aromatic carbocycles. The quantitative estimate of drug-likeness (QED) is 0.628. The molecule has 1 saturated carbocycles. The Morgan fingerprint density at radius 3 is 2.39 bits per heavy atom. The van der Waals surface area contributed by atoms with Crippen LogP contribution in [0.1, 0.15) is 63.0 Å². The molecule has 1 aromatic rings. The van der Waals surface area contributed by atoms with Gasteiger partial charge in [-0.15, -0.1) is 0 Å². The lowest BCUT2D eigenvalue weighted by atomic mass is 9.81. The van der Waals surface area contributed by atoms with Crippen molar-refractivity contribution in [2.75, 3.05) is 0 Å². The zero-order valence-corrected chi connectivity index (χ0v) is 11.8. The van der Waals surface area contributed by atoms with Gasteiger partial charge in [-0.1, -0.05) is 63.5 Å². The normalized spacial score (nSPS) is 16.7. The molecule has 0 saturated heterocycles. The molecule has 0 unspecified atom stereocenters. The molecule has 0 bridgehead atoms.